The largest absolute Gasteiger partial charge is 0.495 e. The molecule has 190 valence electrons. The van der Waals surface area contributed by atoms with Crippen molar-refractivity contribution >= 4 is 17.5 Å². The van der Waals surface area contributed by atoms with Crippen LogP contribution in [-0.4, -0.2) is 66.9 Å². The zero-order valence-electron chi connectivity index (χ0n) is 21.1. The number of methoxy groups -OCH3 is 1. The van der Waals surface area contributed by atoms with Crippen molar-refractivity contribution in [3.63, 3.8) is 0 Å². The average molecular weight is 490 g/mol. The number of morpholine rings is 1. The Morgan fingerprint density at radius 1 is 1.06 bits per heavy atom. The van der Waals surface area contributed by atoms with Gasteiger partial charge in [-0.1, -0.05) is 43.8 Å². The van der Waals surface area contributed by atoms with Crippen molar-refractivity contribution in [3.05, 3.63) is 41.5 Å². The van der Waals surface area contributed by atoms with Gasteiger partial charge in [0.25, 0.3) is 5.91 Å². The van der Waals surface area contributed by atoms with Crippen molar-refractivity contribution in [2.24, 2.45) is 16.9 Å². The van der Waals surface area contributed by atoms with Crippen LogP contribution in [0.3, 0.4) is 0 Å². The molecule has 2 amide bonds. The first-order chi connectivity index (χ1) is 17.7. The number of ether oxygens (including phenoxy) is 2. The maximum Gasteiger partial charge on any atom is 0.298 e. The number of fused-ring (bicyclic) bond motifs is 1. The summed E-state index contributed by atoms with van der Waals surface area (Å²) in [6, 6.07) is 6.03. The smallest absolute Gasteiger partial charge is 0.298 e. The van der Waals surface area contributed by atoms with Gasteiger partial charge in [-0.25, -0.2) is 5.01 Å². The summed E-state index contributed by atoms with van der Waals surface area (Å²) in [6.45, 7) is 2.20. The number of carbonyl (C=O) groups is 2. The molecule has 0 radical (unpaired) electrons. The van der Waals surface area contributed by atoms with E-state index in [2.05, 4.69) is 24.0 Å². The van der Waals surface area contributed by atoms with Crippen LogP contribution in [0.5, 0.6) is 5.75 Å². The lowest BCUT2D eigenvalue weighted by atomic mass is 9.76. The molecular weight excluding hydrogens is 454 g/mol. The number of hydrogen-bond donors (Lipinski definition) is 0. The lowest BCUT2D eigenvalue weighted by Crippen LogP contribution is -2.49. The molecular formula is C29H35N3O4. The summed E-state index contributed by atoms with van der Waals surface area (Å²) in [4.78, 5) is 27.9. The summed E-state index contributed by atoms with van der Waals surface area (Å²) in [5.74, 6) is 6.39. The molecule has 2 atom stereocenters. The number of hydrazone groups is 1. The second-order valence-electron chi connectivity index (χ2n) is 10.0. The van der Waals surface area contributed by atoms with Gasteiger partial charge in [-0.3, -0.25) is 9.59 Å². The number of amides is 2. The average Bonchev–Trinajstić information content (AvgIpc) is 3.22. The van der Waals surface area contributed by atoms with Crippen LogP contribution in [0, 0.1) is 23.7 Å². The van der Waals surface area contributed by atoms with Crippen LogP contribution < -0.4 is 4.74 Å². The summed E-state index contributed by atoms with van der Waals surface area (Å²) in [6.07, 6.45) is 12.6. The van der Waals surface area contributed by atoms with E-state index in [1.807, 2.05) is 23.2 Å². The molecule has 36 heavy (non-hydrogen) atoms. The van der Waals surface area contributed by atoms with E-state index in [-0.39, 0.29) is 29.7 Å². The van der Waals surface area contributed by atoms with Crippen LogP contribution in [0.25, 0.3) is 0 Å². The summed E-state index contributed by atoms with van der Waals surface area (Å²) in [7, 11) is 1.61. The van der Waals surface area contributed by atoms with Crippen LogP contribution in [0.4, 0.5) is 0 Å². The molecule has 7 nitrogen and oxygen atoms in total. The van der Waals surface area contributed by atoms with E-state index < -0.39 is 0 Å². The zero-order chi connectivity index (χ0) is 24.9. The lowest BCUT2D eigenvalue weighted by Gasteiger charge is -2.40. The molecule has 1 aromatic carbocycles. The second-order valence-corrected chi connectivity index (χ2v) is 10.0. The van der Waals surface area contributed by atoms with Gasteiger partial charge in [0.05, 0.1) is 43.6 Å². The monoisotopic (exact) mass is 489 g/mol. The molecule has 1 aromatic rings. The molecule has 0 aromatic heterocycles. The predicted octanol–water partition coefficient (Wildman–Crippen LogP) is 3.76. The molecule has 0 N–H and O–H groups in total. The molecule has 2 aliphatic heterocycles. The minimum absolute atomic E-state index is 0.0497. The number of benzene rings is 1. The highest BCUT2D eigenvalue weighted by Crippen LogP contribution is 2.37. The van der Waals surface area contributed by atoms with Crippen LogP contribution >= 0.6 is 0 Å². The van der Waals surface area contributed by atoms with Gasteiger partial charge in [0, 0.05) is 24.9 Å². The summed E-state index contributed by atoms with van der Waals surface area (Å²) in [5, 5.41) is 6.85. The Labute approximate surface area is 213 Å². The zero-order valence-corrected chi connectivity index (χ0v) is 21.1. The van der Waals surface area contributed by atoms with Gasteiger partial charge in [0.1, 0.15) is 5.75 Å². The molecule has 2 heterocycles. The molecule has 1 saturated carbocycles. The molecule has 0 spiro atoms. The Kier molecular flexibility index (Phi) is 7.72. The third kappa shape index (κ3) is 5.19. The predicted molar refractivity (Wildman–Crippen MR) is 137 cm³/mol. The highest BCUT2D eigenvalue weighted by molar-refractivity contribution is 6.07. The molecule has 5 rings (SSSR count). The molecule has 7 heteroatoms. The lowest BCUT2D eigenvalue weighted by molar-refractivity contribution is -0.140. The van der Waals surface area contributed by atoms with Gasteiger partial charge in [-0.05, 0) is 49.4 Å². The highest BCUT2D eigenvalue weighted by Gasteiger charge is 2.42. The van der Waals surface area contributed by atoms with Crippen LogP contribution in [0.15, 0.2) is 35.5 Å². The minimum Gasteiger partial charge on any atom is -0.495 e. The number of rotatable bonds is 3. The number of carbonyl (C=O) groups excluding carboxylic acids is 2. The van der Waals surface area contributed by atoms with E-state index in [1.54, 1.807) is 12.0 Å². The van der Waals surface area contributed by atoms with Crippen molar-refractivity contribution < 1.29 is 19.1 Å². The maximum absolute atomic E-state index is 13.5. The third-order valence-electron chi connectivity index (χ3n) is 7.81. The van der Waals surface area contributed by atoms with E-state index in [1.165, 1.54) is 12.8 Å². The highest BCUT2D eigenvalue weighted by atomic mass is 16.5. The first-order valence-electron chi connectivity index (χ1n) is 13.3. The first-order valence-corrected chi connectivity index (χ1v) is 13.3. The van der Waals surface area contributed by atoms with E-state index in [9.17, 15) is 9.59 Å². The number of allylic oxidation sites excluding steroid dienone is 2. The number of nitrogens with zero attached hydrogens (tertiary/aromatic N) is 3. The van der Waals surface area contributed by atoms with Crippen molar-refractivity contribution in [1.82, 2.24) is 9.91 Å². The van der Waals surface area contributed by atoms with Gasteiger partial charge in [0.2, 0.25) is 5.91 Å². The van der Waals surface area contributed by atoms with E-state index in [0.29, 0.717) is 37.6 Å². The fraction of sp³-hybridized carbons (Fsp3) is 0.552. The number of hydrogen-bond acceptors (Lipinski definition) is 5. The Balaban J connectivity index is 1.48. The Bertz CT molecular complexity index is 1100. The molecule has 0 unspecified atom stereocenters. The molecule has 4 aliphatic rings. The van der Waals surface area contributed by atoms with E-state index in [0.717, 1.165) is 49.8 Å². The van der Waals surface area contributed by atoms with Crippen molar-refractivity contribution in [2.45, 2.75) is 57.4 Å². The van der Waals surface area contributed by atoms with Crippen LogP contribution in [0.2, 0.25) is 0 Å². The van der Waals surface area contributed by atoms with E-state index in [4.69, 9.17) is 14.6 Å². The molecule has 2 fully saturated rings. The maximum atomic E-state index is 13.5. The Morgan fingerprint density at radius 3 is 2.50 bits per heavy atom. The second kappa shape index (κ2) is 11.3. The first kappa shape index (κ1) is 24.6. The fourth-order valence-electron chi connectivity index (χ4n) is 5.77. The van der Waals surface area contributed by atoms with E-state index >= 15 is 0 Å². The van der Waals surface area contributed by atoms with Gasteiger partial charge < -0.3 is 14.4 Å². The Hall–Kier alpha value is -3.11. The standard InChI is InChI=1S/C29H35N3O4/c1-35-26-14-12-22(20-21(26)13-15-27(33)31-16-18-36-19-17-31)28-24-10-6-7-11-25(24)29(34)32(30-28)23-8-4-2-3-5-9-23/h6-7,12,14,20,23-25H,2-5,8-11,16-19H2,1H3/t24-,25+/m0/s1. The van der Waals surface area contributed by atoms with Gasteiger partial charge in [-0.2, -0.15) is 5.10 Å². The summed E-state index contributed by atoms with van der Waals surface area (Å²) in [5.41, 5.74) is 2.54. The Morgan fingerprint density at radius 2 is 1.78 bits per heavy atom. The van der Waals surface area contributed by atoms with Crippen molar-refractivity contribution in [2.75, 3.05) is 33.4 Å². The van der Waals surface area contributed by atoms with Crippen molar-refractivity contribution in [1.29, 1.82) is 0 Å². The topological polar surface area (TPSA) is 71.4 Å². The SMILES string of the molecule is COc1ccc(C2=NN(C3CCCCCC3)C(=O)[C@@H]3CC=CC[C@H]23)cc1C#CC(=O)N1CCOCC1. The molecule has 0 bridgehead atoms. The van der Waals surface area contributed by atoms with Crippen LogP contribution in [-0.2, 0) is 14.3 Å². The summed E-state index contributed by atoms with van der Waals surface area (Å²) >= 11 is 0. The van der Waals surface area contributed by atoms with Crippen LogP contribution in [0.1, 0.15) is 62.5 Å². The van der Waals surface area contributed by atoms with Gasteiger partial charge >= 0.3 is 0 Å². The molecule has 2 aliphatic carbocycles. The van der Waals surface area contributed by atoms with Crippen molar-refractivity contribution in [3.8, 4) is 17.6 Å². The fourth-order valence-corrected chi connectivity index (χ4v) is 5.77. The van der Waals surface area contributed by atoms with Gasteiger partial charge in [0.15, 0.2) is 0 Å². The third-order valence-corrected chi connectivity index (χ3v) is 7.81. The minimum atomic E-state index is -0.205. The van der Waals surface area contributed by atoms with Gasteiger partial charge in [-0.15, -0.1) is 0 Å². The molecule has 1 saturated heterocycles. The summed E-state index contributed by atoms with van der Waals surface area (Å²) < 4.78 is 10.9. The quantitative estimate of drug-likeness (QED) is 0.368. The normalized spacial score (nSPS) is 24.8.